The van der Waals surface area contributed by atoms with Crippen molar-refractivity contribution < 1.29 is 4.74 Å². The first kappa shape index (κ1) is 17.0. The van der Waals surface area contributed by atoms with Crippen molar-refractivity contribution in [2.75, 3.05) is 12.4 Å². The van der Waals surface area contributed by atoms with E-state index in [1.54, 1.807) is 0 Å². The topological polar surface area (TPSA) is 34.1 Å². The highest BCUT2D eigenvalue weighted by Gasteiger charge is 2.09. The van der Waals surface area contributed by atoms with Crippen LogP contribution in [0.2, 0.25) is 0 Å². The molecule has 128 valence electrons. The highest BCUT2D eigenvalue weighted by molar-refractivity contribution is 5.71. The third-order valence-electron chi connectivity index (χ3n) is 4.48. The number of nitrogens with zero attached hydrogens (tertiary/aromatic N) is 1. The highest BCUT2D eigenvalue weighted by Crippen LogP contribution is 2.31. The van der Waals surface area contributed by atoms with Crippen molar-refractivity contribution in [3.8, 4) is 22.8 Å². The summed E-state index contributed by atoms with van der Waals surface area (Å²) in [5.41, 5.74) is 8.07. The molecule has 3 aromatic rings. The number of anilines is 1. The van der Waals surface area contributed by atoms with Gasteiger partial charge in [0.25, 0.3) is 0 Å². The molecule has 0 saturated carbocycles. The van der Waals surface area contributed by atoms with Gasteiger partial charge in [-0.3, -0.25) is 0 Å². The average Bonchev–Trinajstić information content (AvgIpc) is 2.56. The van der Waals surface area contributed by atoms with Gasteiger partial charge in [-0.2, -0.15) is 0 Å². The zero-order valence-electron chi connectivity index (χ0n) is 15.5. The second-order valence-corrected chi connectivity index (χ2v) is 6.38. The average molecular weight is 332 g/mol. The van der Waals surface area contributed by atoms with E-state index in [0.717, 1.165) is 22.7 Å². The van der Waals surface area contributed by atoms with Crippen LogP contribution in [0.15, 0.2) is 48.5 Å². The maximum Gasteiger partial charge on any atom is 0.219 e. The SMILES string of the molecule is CNc1c(C)cc(Oc2ccc(-c3ccccc3C)c(C)c2)nc1C. The molecule has 1 N–H and O–H groups in total. The number of aromatic nitrogens is 1. The summed E-state index contributed by atoms with van der Waals surface area (Å²) in [6.45, 7) is 8.29. The molecular weight excluding hydrogens is 308 g/mol. The number of hydrogen-bond donors (Lipinski definition) is 1. The first-order valence-corrected chi connectivity index (χ1v) is 8.50. The first-order chi connectivity index (χ1) is 12.0. The predicted octanol–water partition coefficient (Wildman–Crippen LogP) is 5.82. The molecule has 0 fully saturated rings. The summed E-state index contributed by atoms with van der Waals surface area (Å²) in [7, 11) is 1.91. The van der Waals surface area contributed by atoms with Crippen LogP contribution < -0.4 is 10.1 Å². The lowest BCUT2D eigenvalue weighted by Gasteiger charge is -2.14. The lowest BCUT2D eigenvalue weighted by molar-refractivity contribution is 0.461. The predicted molar refractivity (Wildman–Crippen MR) is 105 cm³/mol. The van der Waals surface area contributed by atoms with E-state index in [9.17, 15) is 0 Å². The molecule has 0 unspecified atom stereocenters. The molecule has 0 amide bonds. The number of benzene rings is 2. The zero-order chi connectivity index (χ0) is 18.0. The summed E-state index contributed by atoms with van der Waals surface area (Å²) >= 11 is 0. The van der Waals surface area contributed by atoms with Gasteiger partial charge < -0.3 is 10.1 Å². The van der Waals surface area contributed by atoms with Gasteiger partial charge >= 0.3 is 0 Å². The number of hydrogen-bond acceptors (Lipinski definition) is 3. The molecule has 0 aliphatic rings. The minimum atomic E-state index is 0.622. The fraction of sp³-hybridized carbons (Fsp3) is 0.227. The van der Waals surface area contributed by atoms with Crippen molar-refractivity contribution in [1.82, 2.24) is 4.98 Å². The molecule has 0 aliphatic heterocycles. The summed E-state index contributed by atoms with van der Waals surface area (Å²) in [4.78, 5) is 4.54. The Bertz CT molecular complexity index is 893. The maximum atomic E-state index is 6.00. The van der Waals surface area contributed by atoms with Crippen LogP contribution in [-0.2, 0) is 0 Å². The molecule has 3 nitrogen and oxygen atoms in total. The quantitative estimate of drug-likeness (QED) is 0.654. The van der Waals surface area contributed by atoms with E-state index < -0.39 is 0 Å². The Morgan fingerprint density at radius 2 is 1.52 bits per heavy atom. The molecule has 0 spiro atoms. The van der Waals surface area contributed by atoms with E-state index in [4.69, 9.17) is 4.74 Å². The monoisotopic (exact) mass is 332 g/mol. The van der Waals surface area contributed by atoms with E-state index >= 15 is 0 Å². The molecule has 1 aromatic heterocycles. The molecular formula is C22H24N2O. The number of aryl methyl sites for hydroxylation is 4. The minimum Gasteiger partial charge on any atom is -0.439 e. The number of ether oxygens (including phenoxy) is 1. The van der Waals surface area contributed by atoms with Gasteiger partial charge in [0.15, 0.2) is 0 Å². The van der Waals surface area contributed by atoms with Gasteiger partial charge in [-0.05, 0) is 67.6 Å². The van der Waals surface area contributed by atoms with Crippen molar-refractivity contribution in [3.05, 3.63) is 70.9 Å². The summed E-state index contributed by atoms with van der Waals surface area (Å²) < 4.78 is 6.00. The molecule has 0 saturated heterocycles. The van der Waals surface area contributed by atoms with Crippen LogP contribution in [-0.4, -0.2) is 12.0 Å². The van der Waals surface area contributed by atoms with Crippen molar-refractivity contribution in [2.45, 2.75) is 27.7 Å². The fourth-order valence-electron chi connectivity index (χ4n) is 3.22. The van der Waals surface area contributed by atoms with Gasteiger partial charge in [0, 0.05) is 13.1 Å². The zero-order valence-corrected chi connectivity index (χ0v) is 15.5. The highest BCUT2D eigenvalue weighted by atomic mass is 16.5. The van der Waals surface area contributed by atoms with Crippen molar-refractivity contribution in [3.63, 3.8) is 0 Å². The second-order valence-electron chi connectivity index (χ2n) is 6.38. The Hall–Kier alpha value is -2.81. The Morgan fingerprint density at radius 1 is 0.800 bits per heavy atom. The van der Waals surface area contributed by atoms with E-state index in [1.807, 2.05) is 26.1 Å². The molecule has 3 rings (SSSR count). The van der Waals surface area contributed by atoms with Gasteiger partial charge in [-0.1, -0.05) is 30.3 Å². The Balaban J connectivity index is 1.91. The van der Waals surface area contributed by atoms with E-state index in [0.29, 0.717) is 5.88 Å². The summed E-state index contributed by atoms with van der Waals surface area (Å²) in [6.07, 6.45) is 0. The third-order valence-corrected chi connectivity index (χ3v) is 4.48. The van der Waals surface area contributed by atoms with Crippen LogP contribution >= 0.6 is 0 Å². The minimum absolute atomic E-state index is 0.622. The van der Waals surface area contributed by atoms with Crippen molar-refractivity contribution >= 4 is 5.69 Å². The first-order valence-electron chi connectivity index (χ1n) is 8.50. The lowest BCUT2D eigenvalue weighted by atomic mass is 9.97. The molecule has 2 aromatic carbocycles. The van der Waals surface area contributed by atoms with Gasteiger partial charge in [0.2, 0.25) is 5.88 Å². The van der Waals surface area contributed by atoms with E-state index in [1.165, 1.54) is 22.3 Å². The normalized spacial score (nSPS) is 10.6. The Kier molecular flexibility index (Phi) is 4.75. The number of nitrogens with one attached hydrogen (secondary N) is 1. The summed E-state index contributed by atoms with van der Waals surface area (Å²) in [5, 5.41) is 3.18. The largest absolute Gasteiger partial charge is 0.439 e. The molecule has 0 atom stereocenters. The standard InChI is InChI=1S/C22H24N2O/c1-14-8-6-7-9-19(14)20-11-10-18(12-15(20)2)25-21-13-16(3)22(23-5)17(4)24-21/h6-13,23H,1-5H3. The molecule has 1 heterocycles. The van der Waals surface area contributed by atoms with Crippen LogP contribution in [0.25, 0.3) is 11.1 Å². The molecule has 0 aliphatic carbocycles. The summed E-state index contributed by atoms with van der Waals surface area (Å²) in [5.74, 6) is 1.43. The van der Waals surface area contributed by atoms with Gasteiger partial charge in [0.05, 0.1) is 11.4 Å². The fourth-order valence-corrected chi connectivity index (χ4v) is 3.22. The Morgan fingerprint density at radius 3 is 2.16 bits per heavy atom. The van der Waals surface area contributed by atoms with Crippen molar-refractivity contribution in [1.29, 1.82) is 0 Å². The smallest absolute Gasteiger partial charge is 0.219 e. The van der Waals surface area contributed by atoms with Crippen molar-refractivity contribution in [2.24, 2.45) is 0 Å². The van der Waals surface area contributed by atoms with Gasteiger partial charge in [-0.15, -0.1) is 0 Å². The molecule has 0 bridgehead atoms. The van der Waals surface area contributed by atoms with Gasteiger partial charge in [0.1, 0.15) is 5.75 Å². The molecule has 3 heteroatoms. The van der Waals surface area contributed by atoms with Crippen LogP contribution in [0.4, 0.5) is 5.69 Å². The maximum absolute atomic E-state index is 6.00. The van der Waals surface area contributed by atoms with Crippen LogP contribution in [0.1, 0.15) is 22.4 Å². The molecule has 0 radical (unpaired) electrons. The van der Waals surface area contributed by atoms with Crippen LogP contribution in [0.3, 0.4) is 0 Å². The second kappa shape index (κ2) is 6.98. The third kappa shape index (κ3) is 3.50. The lowest BCUT2D eigenvalue weighted by Crippen LogP contribution is -1.99. The Labute approximate surface area is 149 Å². The van der Waals surface area contributed by atoms with Crippen LogP contribution in [0, 0.1) is 27.7 Å². The number of rotatable bonds is 4. The molecule has 25 heavy (non-hydrogen) atoms. The summed E-state index contributed by atoms with van der Waals surface area (Å²) in [6, 6.07) is 16.6. The van der Waals surface area contributed by atoms with E-state index in [2.05, 4.69) is 67.5 Å². The number of pyridine rings is 1. The van der Waals surface area contributed by atoms with Crippen LogP contribution in [0.5, 0.6) is 11.6 Å². The van der Waals surface area contributed by atoms with E-state index in [-0.39, 0.29) is 0 Å². The van der Waals surface area contributed by atoms with Gasteiger partial charge in [-0.25, -0.2) is 4.98 Å².